The molecule has 0 bridgehead atoms. The monoisotopic (exact) mass is 293 g/mol. The molecule has 0 saturated carbocycles. The van der Waals surface area contributed by atoms with E-state index in [0.717, 1.165) is 46.8 Å². The zero-order valence-corrected chi connectivity index (χ0v) is 12.4. The van der Waals surface area contributed by atoms with E-state index in [0.29, 0.717) is 12.6 Å². The Kier molecular flexibility index (Phi) is 4.08. The van der Waals surface area contributed by atoms with Gasteiger partial charge in [-0.2, -0.15) is 0 Å². The number of fused-ring (bicyclic) bond motifs is 1. The van der Waals surface area contributed by atoms with Crippen molar-refractivity contribution in [3.63, 3.8) is 0 Å². The summed E-state index contributed by atoms with van der Waals surface area (Å²) < 4.78 is 22.5. The van der Waals surface area contributed by atoms with E-state index in [1.165, 1.54) is 0 Å². The molecule has 2 aromatic rings. The molecule has 20 heavy (non-hydrogen) atoms. The lowest BCUT2D eigenvalue weighted by Gasteiger charge is -2.21. The number of furan rings is 1. The molecule has 1 fully saturated rings. The van der Waals surface area contributed by atoms with Crippen molar-refractivity contribution in [2.24, 2.45) is 0 Å². The Bertz CT molecular complexity index is 613. The average Bonchev–Trinajstić information content (AvgIpc) is 2.89. The van der Waals surface area contributed by atoms with Crippen LogP contribution in [0.1, 0.15) is 18.6 Å². The summed E-state index contributed by atoms with van der Waals surface area (Å²) in [5, 5.41) is 4.55. The second-order valence-corrected chi connectivity index (χ2v) is 6.79. The zero-order chi connectivity index (χ0) is 13.9. The van der Waals surface area contributed by atoms with Crippen molar-refractivity contribution in [2.75, 3.05) is 18.6 Å². The van der Waals surface area contributed by atoms with Gasteiger partial charge >= 0.3 is 0 Å². The van der Waals surface area contributed by atoms with Crippen molar-refractivity contribution in [1.29, 1.82) is 0 Å². The van der Waals surface area contributed by atoms with Crippen molar-refractivity contribution in [1.82, 2.24) is 5.32 Å². The minimum atomic E-state index is -0.606. The van der Waals surface area contributed by atoms with Crippen LogP contribution in [0, 0.1) is 0 Å². The summed E-state index contributed by atoms with van der Waals surface area (Å²) >= 11 is 0. The number of hydrogen-bond acceptors (Lipinski definition) is 4. The topological polar surface area (TPSA) is 51.5 Å². The lowest BCUT2D eigenvalue weighted by atomic mass is 10.1. The summed E-state index contributed by atoms with van der Waals surface area (Å²) in [6, 6.07) is 8.38. The van der Waals surface area contributed by atoms with Gasteiger partial charge < -0.3 is 14.5 Å². The predicted molar refractivity (Wildman–Crippen MR) is 80.5 cm³/mol. The molecule has 0 unspecified atom stereocenters. The van der Waals surface area contributed by atoms with Crippen LogP contribution in [0.5, 0.6) is 5.75 Å². The van der Waals surface area contributed by atoms with Crippen LogP contribution in [0.25, 0.3) is 11.0 Å². The molecule has 0 spiro atoms. The number of rotatable bonds is 4. The normalized spacial score (nSPS) is 23.1. The highest BCUT2D eigenvalue weighted by Crippen LogP contribution is 2.28. The molecule has 1 aliphatic heterocycles. The maximum absolute atomic E-state index is 11.3. The van der Waals surface area contributed by atoms with Gasteiger partial charge in [-0.1, -0.05) is 12.1 Å². The summed E-state index contributed by atoms with van der Waals surface area (Å²) in [4.78, 5) is 0. The Labute approximate surface area is 120 Å². The highest BCUT2D eigenvalue weighted by Gasteiger charge is 2.17. The molecule has 1 N–H and O–H groups in total. The SMILES string of the molecule is COc1cccc2cc(CNC3CCS(=O)CC3)oc12. The number of para-hydroxylation sites is 1. The molecule has 0 radical (unpaired) electrons. The Balaban J connectivity index is 1.67. The maximum Gasteiger partial charge on any atom is 0.176 e. The van der Waals surface area contributed by atoms with Gasteiger partial charge in [-0.05, 0) is 25.0 Å². The Morgan fingerprint density at radius 2 is 2.20 bits per heavy atom. The largest absolute Gasteiger partial charge is 0.493 e. The molecule has 0 aliphatic carbocycles. The fourth-order valence-electron chi connectivity index (χ4n) is 2.58. The van der Waals surface area contributed by atoms with Gasteiger partial charge in [0.1, 0.15) is 5.76 Å². The Hall–Kier alpha value is -1.33. The second-order valence-electron chi connectivity index (χ2n) is 5.09. The smallest absolute Gasteiger partial charge is 0.176 e. The first-order valence-corrected chi connectivity index (χ1v) is 8.39. The Morgan fingerprint density at radius 1 is 1.40 bits per heavy atom. The van der Waals surface area contributed by atoms with E-state index in [9.17, 15) is 4.21 Å². The van der Waals surface area contributed by atoms with E-state index in [1.807, 2.05) is 24.3 Å². The number of ether oxygens (including phenoxy) is 1. The van der Waals surface area contributed by atoms with Crippen LogP contribution in [0.3, 0.4) is 0 Å². The Morgan fingerprint density at radius 3 is 2.95 bits per heavy atom. The molecule has 2 heterocycles. The minimum absolute atomic E-state index is 0.447. The van der Waals surface area contributed by atoms with Crippen LogP contribution in [0.15, 0.2) is 28.7 Å². The number of methoxy groups -OCH3 is 1. The molecule has 1 aliphatic rings. The molecule has 3 rings (SSSR count). The van der Waals surface area contributed by atoms with Gasteiger partial charge in [0.15, 0.2) is 11.3 Å². The summed E-state index contributed by atoms with van der Waals surface area (Å²) in [6.45, 7) is 0.704. The average molecular weight is 293 g/mol. The van der Waals surface area contributed by atoms with Crippen molar-refractivity contribution in [2.45, 2.75) is 25.4 Å². The third-order valence-corrected chi connectivity index (χ3v) is 5.11. The van der Waals surface area contributed by atoms with E-state index >= 15 is 0 Å². The highest BCUT2D eigenvalue weighted by atomic mass is 32.2. The second kappa shape index (κ2) is 5.97. The lowest BCUT2D eigenvalue weighted by Crippen LogP contribution is -2.35. The van der Waals surface area contributed by atoms with Gasteiger partial charge in [0.05, 0.1) is 13.7 Å². The third kappa shape index (κ3) is 2.88. The molecule has 0 amide bonds. The van der Waals surface area contributed by atoms with Crippen LogP contribution >= 0.6 is 0 Å². The summed E-state index contributed by atoms with van der Waals surface area (Å²) in [6.07, 6.45) is 1.96. The molecule has 1 aromatic heterocycles. The molecule has 4 nitrogen and oxygen atoms in total. The fourth-order valence-corrected chi connectivity index (χ4v) is 3.88. The van der Waals surface area contributed by atoms with Crippen LogP contribution in [0.2, 0.25) is 0 Å². The van der Waals surface area contributed by atoms with E-state index in [-0.39, 0.29) is 0 Å². The third-order valence-electron chi connectivity index (χ3n) is 3.73. The van der Waals surface area contributed by atoms with E-state index in [1.54, 1.807) is 7.11 Å². The van der Waals surface area contributed by atoms with E-state index < -0.39 is 10.8 Å². The van der Waals surface area contributed by atoms with Gasteiger partial charge in [-0.25, -0.2) is 0 Å². The first-order chi connectivity index (χ1) is 9.76. The highest BCUT2D eigenvalue weighted by molar-refractivity contribution is 7.85. The van der Waals surface area contributed by atoms with E-state index in [4.69, 9.17) is 9.15 Å². The maximum atomic E-state index is 11.3. The first-order valence-electron chi connectivity index (χ1n) is 6.90. The van der Waals surface area contributed by atoms with Crippen molar-refractivity contribution >= 4 is 21.8 Å². The van der Waals surface area contributed by atoms with Gasteiger partial charge in [0.2, 0.25) is 0 Å². The van der Waals surface area contributed by atoms with Gasteiger partial charge in [0, 0.05) is 33.7 Å². The molecular weight excluding hydrogens is 274 g/mol. The molecule has 1 aromatic carbocycles. The van der Waals surface area contributed by atoms with Gasteiger partial charge in [-0.15, -0.1) is 0 Å². The lowest BCUT2D eigenvalue weighted by molar-refractivity contribution is 0.401. The number of nitrogens with one attached hydrogen (secondary N) is 1. The molecule has 0 atom stereocenters. The summed E-state index contributed by atoms with van der Waals surface area (Å²) in [7, 11) is 1.04. The molecule has 108 valence electrons. The number of benzene rings is 1. The van der Waals surface area contributed by atoms with Crippen LogP contribution < -0.4 is 10.1 Å². The standard InChI is InChI=1S/C15H19NO3S/c1-18-14-4-2-3-11-9-13(19-15(11)14)10-16-12-5-7-20(17)8-6-12/h2-4,9,12,16H,5-8,10H2,1H3. The molecule has 5 heteroatoms. The zero-order valence-electron chi connectivity index (χ0n) is 11.6. The minimum Gasteiger partial charge on any atom is -0.493 e. The van der Waals surface area contributed by atoms with Gasteiger partial charge in [0.25, 0.3) is 0 Å². The van der Waals surface area contributed by atoms with Crippen molar-refractivity contribution in [3.05, 3.63) is 30.0 Å². The molecular formula is C15H19NO3S. The van der Waals surface area contributed by atoms with Crippen LogP contribution in [0.4, 0.5) is 0 Å². The summed E-state index contributed by atoms with van der Waals surface area (Å²) in [5.41, 5.74) is 0.802. The van der Waals surface area contributed by atoms with E-state index in [2.05, 4.69) is 5.32 Å². The van der Waals surface area contributed by atoms with Crippen molar-refractivity contribution in [3.8, 4) is 5.75 Å². The quantitative estimate of drug-likeness (QED) is 0.940. The summed E-state index contributed by atoms with van der Waals surface area (Å²) in [5.74, 6) is 3.30. The van der Waals surface area contributed by atoms with Crippen LogP contribution in [-0.4, -0.2) is 28.9 Å². The first kappa shape index (κ1) is 13.6. The number of hydrogen-bond donors (Lipinski definition) is 1. The van der Waals surface area contributed by atoms with Crippen LogP contribution in [-0.2, 0) is 17.3 Å². The van der Waals surface area contributed by atoms with Gasteiger partial charge in [-0.3, -0.25) is 4.21 Å². The predicted octanol–water partition coefficient (Wildman–Crippen LogP) is 2.44. The fraction of sp³-hybridized carbons (Fsp3) is 0.467. The molecule has 1 saturated heterocycles. The van der Waals surface area contributed by atoms with Crippen molar-refractivity contribution < 1.29 is 13.4 Å².